The van der Waals surface area contributed by atoms with Crippen LogP contribution in [-0.2, 0) is 6.54 Å². The molecule has 2 aromatic carbocycles. The van der Waals surface area contributed by atoms with Gasteiger partial charge in [0.25, 0.3) is 5.91 Å². The van der Waals surface area contributed by atoms with Crippen molar-refractivity contribution in [2.75, 3.05) is 0 Å². The fourth-order valence-electron chi connectivity index (χ4n) is 2.96. The minimum absolute atomic E-state index is 0.0929. The zero-order valence-corrected chi connectivity index (χ0v) is 16.2. The Morgan fingerprint density at radius 3 is 2.67 bits per heavy atom. The molecule has 6 nitrogen and oxygen atoms in total. The largest absolute Gasteiger partial charge is 0.453 e. The van der Waals surface area contributed by atoms with Crippen LogP contribution in [0.15, 0.2) is 79.1 Å². The number of carbonyl (C=O) groups excluding carboxylic acids is 1. The number of carbonyl (C=O) groups is 1. The molecule has 0 spiro atoms. The fraction of sp³-hybridized carbons (Fsp3) is 0.0870. The number of rotatable bonds is 6. The molecular weight excluding hydrogens is 383 g/mol. The Labute approximate surface area is 173 Å². The van der Waals surface area contributed by atoms with Gasteiger partial charge in [0.1, 0.15) is 5.75 Å². The summed E-state index contributed by atoms with van der Waals surface area (Å²) in [5, 5.41) is 7.15. The molecule has 0 atom stereocenters. The highest BCUT2D eigenvalue weighted by atomic mass is 19.1. The standard InChI is InChI=1S/C23H19FN4O2/c1-16-12-21(27-28(16)18-6-3-2-4-7-18)23(29)26-14-17-9-10-22(20(24)13-17)30-19-8-5-11-25-15-19/h2-13,15H,14H2,1H3,(H,26,29). The van der Waals surface area contributed by atoms with Crippen molar-refractivity contribution in [2.24, 2.45) is 0 Å². The summed E-state index contributed by atoms with van der Waals surface area (Å²) in [5.41, 5.74) is 2.63. The van der Waals surface area contributed by atoms with Gasteiger partial charge in [0, 0.05) is 18.4 Å². The molecule has 2 heterocycles. The Kier molecular flexibility index (Phi) is 5.52. The SMILES string of the molecule is Cc1cc(C(=O)NCc2ccc(Oc3cccnc3)c(F)c2)nn1-c1ccccc1. The summed E-state index contributed by atoms with van der Waals surface area (Å²) >= 11 is 0. The van der Waals surface area contributed by atoms with Crippen molar-refractivity contribution < 1.29 is 13.9 Å². The summed E-state index contributed by atoms with van der Waals surface area (Å²) in [4.78, 5) is 16.4. The molecule has 30 heavy (non-hydrogen) atoms. The normalized spacial score (nSPS) is 10.6. The second-order valence-corrected chi connectivity index (χ2v) is 6.66. The Bertz CT molecular complexity index is 1160. The molecule has 1 N–H and O–H groups in total. The van der Waals surface area contributed by atoms with Crippen molar-refractivity contribution in [1.29, 1.82) is 0 Å². The summed E-state index contributed by atoms with van der Waals surface area (Å²) in [6, 6.07) is 19.2. The maximum Gasteiger partial charge on any atom is 0.272 e. The van der Waals surface area contributed by atoms with E-state index >= 15 is 0 Å². The number of hydrogen-bond donors (Lipinski definition) is 1. The van der Waals surface area contributed by atoms with Crippen LogP contribution in [0.2, 0.25) is 0 Å². The minimum Gasteiger partial charge on any atom is -0.453 e. The van der Waals surface area contributed by atoms with E-state index in [0.29, 0.717) is 17.0 Å². The summed E-state index contributed by atoms with van der Waals surface area (Å²) in [6.45, 7) is 2.05. The van der Waals surface area contributed by atoms with Crippen LogP contribution in [0.1, 0.15) is 21.7 Å². The molecule has 0 radical (unpaired) electrons. The van der Waals surface area contributed by atoms with Crippen molar-refractivity contribution >= 4 is 5.91 Å². The van der Waals surface area contributed by atoms with Crippen LogP contribution in [0, 0.1) is 12.7 Å². The molecule has 0 saturated carbocycles. The van der Waals surface area contributed by atoms with E-state index in [2.05, 4.69) is 15.4 Å². The maximum atomic E-state index is 14.4. The molecule has 4 rings (SSSR count). The van der Waals surface area contributed by atoms with Crippen molar-refractivity contribution in [3.8, 4) is 17.2 Å². The van der Waals surface area contributed by atoms with E-state index in [1.54, 1.807) is 35.1 Å². The molecule has 150 valence electrons. The number of halogens is 1. The van der Waals surface area contributed by atoms with Gasteiger partial charge < -0.3 is 10.1 Å². The first-order chi connectivity index (χ1) is 14.6. The van der Waals surface area contributed by atoms with Crippen LogP contribution in [0.25, 0.3) is 5.69 Å². The minimum atomic E-state index is -0.519. The van der Waals surface area contributed by atoms with Crippen LogP contribution < -0.4 is 10.1 Å². The molecule has 0 fully saturated rings. The number of hydrogen-bond acceptors (Lipinski definition) is 4. The molecule has 1 amide bonds. The highest BCUT2D eigenvalue weighted by Crippen LogP contribution is 2.24. The number of benzene rings is 2. The molecule has 4 aromatic rings. The van der Waals surface area contributed by atoms with Gasteiger partial charge in [0.05, 0.1) is 11.9 Å². The van der Waals surface area contributed by atoms with Crippen LogP contribution in [0.4, 0.5) is 4.39 Å². The Morgan fingerprint density at radius 2 is 1.93 bits per heavy atom. The van der Waals surface area contributed by atoms with Crippen LogP contribution in [-0.4, -0.2) is 20.7 Å². The molecule has 0 unspecified atom stereocenters. The van der Waals surface area contributed by atoms with Gasteiger partial charge in [-0.2, -0.15) is 5.10 Å². The van der Waals surface area contributed by atoms with Gasteiger partial charge in [-0.3, -0.25) is 9.78 Å². The van der Waals surface area contributed by atoms with Crippen LogP contribution >= 0.6 is 0 Å². The quantitative estimate of drug-likeness (QED) is 0.518. The molecular formula is C23H19FN4O2. The van der Waals surface area contributed by atoms with Gasteiger partial charge in [-0.1, -0.05) is 24.3 Å². The van der Waals surface area contributed by atoms with E-state index in [0.717, 1.165) is 11.4 Å². The van der Waals surface area contributed by atoms with Crippen molar-refractivity contribution in [1.82, 2.24) is 20.1 Å². The zero-order chi connectivity index (χ0) is 20.9. The van der Waals surface area contributed by atoms with Crippen LogP contribution in [0.3, 0.4) is 0 Å². The number of amides is 1. The van der Waals surface area contributed by atoms with E-state index in [9.17, 15) is 9.18 Å². The maximum absolute atomic E-state index is 14.4. The summed E-state index contributed by atoms with van der Waals surface area (Å²) in [5.74, 6) is -0.309. The topological polar surface area (TPSA) is 69.0 Å². The monoisotopic (exact) mass is 402 g/mol. The van der Waals surface area contributed by atoms with E-state index in [1.807, 2.05) is 37.3 Å². The number of nitrogens with one attached hydrogen (secondary N) is 1. The lowest BCUT2D eigenvalue weighted by atomic mass is 10.2. The average molecular weight is 402 g/mol. The number of pyridine rings is 1. The van der Waals surface area contributed by atoms with Crippen molar-refractivity contribution in [3.05, 3.63) is 102 Å². The molecule has 2 aromatic heterocycles. The summed E-state index contributed by atoms with van der Waals surface area (Å²) < 4.78 is 21.5. The smallest absolute Gasteiger partial charge is 0.272 e. The molecule has 0 aliphatic carbocycles. The molecule has 0 aliphatic rings. The van der Waals surface area contributed by atoms with Gasteiger partial charge >= 0.3 is 0 Å². The first-order valence-corrected chi connectivity index (χ1v) is 9.37. The highest BCUT2D eigenvalue weighted by molar-refractivity contribution is 5.92. The average Bonchev–Trinajstić information content (AvgIpc) is 3.17. The summed E-state index contributed by atoms with van der Waals surface area (Å²) in [7, 11) is 0. The fourth-order valence-corrected chi connectivity index (χ4v) is 2.96. The molecule has 0 saturated heterocycles. The predicted octanol–water partition coefficient (Wildman–Crippen LogP) is 4.44. The number of nitrogens with zero attached hydrogens (tertiary/aromatic N) is 3. The number of aromatic nitrogens is 3. The van der Waals surface area contributed by atoms with Crippen molar-refractivity contribution in [3.63, 3.8) is 0 Å². The zero-order valence-electron chi connectivity index (χ0n) is 16.2. The predicted molar refractivity (Wildman–Crippen MR) is 110 cm³/mol. The second-order valence-electron chi connectivity index (χ2n) is 6.66. The first kappa shape index (κ1) is 19.3. The Balaban J connectivity index is 1.41. The second kappa shape index (κ2) is 8.57. The van der Waals surface area contributed by atoms with Gasteiger partial charge in [-0.15, -0.1) is 0 Å². The van der Waals surface area contributed by atoms with E-state index < -0.39 is 5.82 Å². The molecule has 7 heteroatoms. The third-order valence-electron chi connectivity index (χ3n) is 4.43. The first-order valence-electron chi connectivity index (χ1n) is 9.37. The van der Waals surface area contributed by atoms with Gasteiger partial charge in [0.2, 0.25) is 0 Å². The highest BCUT2D eigenvalue weighted by Gasteiger charge is 2.14. The lowest BCUT2D eigenvalue weighted by Crippen LogP contribution is -2.23. The Hall–Kier alpha value is -4.00. The third-order valence-corrected chi connectivity index (χ3v) is 4.43. The molecule has 0 bridgehead atoms. The summed E-state index contributed by atoms with van der Waals surface area (Å²) in [6.07, 6.45) is 3.11. The lowest BCUT2D eigenvalue weighted by molar-refractivity contribution is 0.0945. The lowest BCUT2D eigenvalue weighted by Gasteiger charge is -2.08. The van der Waals surface area contributed by atoms with Gasteiger partial charge in [-0.05, 0) is 55.0 Å². The van der Waals surface area contributed by atoms with Gasteiger partial charge in [-0.25, -0.2) is 9.07 Å². The Morgan fingerprint density at radius 1 is 1.10 bits per heavy atom. The van der Waals surface area contributed by atoms with E-state index in [-0.39, 0.29) is 18.2 Å². The number of para-hydroxylation sites is 1. The van der Waals surface area contributed by atoms with E-state index in [1.165, 1.54) is 18.3 Å². The van der Waals surface area contributed by atoms with Crippen molar-refractivity contribution in [2.45, 2.75) is 13.5 Å². The molecule has 0 aliphatic heterocycles. The number of aryl methyl sites for hydroxylation is 1. The van der Waals surface area contributed by atoms with Crippen LogP contribution in [0.5, 0.6) is 11.5 Å². The van der Waals surface area contributed by atoms with Gasteiger partial charge in [0.15, 0.2) is 17.3 Å². The number of ether oxygens (including phenoxy) is 1. The third kappa shape index (κ3) is 4.35. The van der Waals surface area contributed by atoms with E-state index in [4.69, 9.17) is 4.74 Å².